The van der Waals surface area contributed by atoms with E-state index in [1.165, 1.54) is 38.5 Å². The van der Waals surface area contributed by atoms with Crippen molar-refractivity contribution in [2.45, 2.75) is 64.7 Å². The summed E-state index contributed by atoms with van der Waals surface area (Å²) in [5.41, 5.74) is 1.64. The molecule has 0 bridgehead atoms. The number of unbranched alkanes of at least 4 members (excludes halogenated alkanes) is 3. The summed E-state index contributed by atoms with van der Waals surface area (Å²) in [6.45, 7) is 2.25. The molecule has 0 spiro atoms. The largest absolute Gasteiger partial charge is 0.0882 e. The lowest BCUT2D eigenvalue weighted by molar-refractivity contribution is 0.728. The summed E-state index contributed by atoms with van der Waals surface area (Å²) < 4.78 is 0. The molecule has 0 aromatic rings. The van der Waals surface area contributed by atoms with Gasteiger partial charge in [-0.3, -0.25) is 0 Å². The Morgan fingerprint density at radius 3 is 2.00 bits per heavy atom. The predicted molar refractivity (Wildman–Crippen MR) is 82.7 cm³/mol. The van der Waals surface area contributed by atoms with Crippen molar-refractivity contribution >= 4 is 0 Å². The number of rotatable bonds is 10. The van der Waals surface area contributed by atoms with Crippen LogP contribution in [0.4, 0.5) is 0 Å². The first-order valence-electron chi connectivity index (χ1n) is 7.56. The van der Waals surface area contributed by atoms with Crippen LogP contribution in [-0.2, 0) is 0 Å². The molecule has 0 heteroatoms. The number of allylic oxidation sites excluding steroid dienone is 8. The molecule has 0 N–H and O–H groups in total. The van der Waals surface area contributed by atoms with Crippen molar-refractivity contribution in [3.8, 4) is 0 Å². The summed E-state index contributed by atoms with van der Waals surface area (Å²) in [6.07, 6.45) is 27.3. The average Bonchev–Trinajstić information content (AvgIpc) is 3.19. The van der Waals surface area contributed by atoms with E-state index < -0.39 is 0 Å². The molecule has 0 nitrogen and oxygen atoms in total. The first-order valence-corrected chi connectivity index (χ1v) is 7.56. The van der Waals surface area contributed by atoms with Crippen molar-refractivity contribution in [2.24, 2.45) is 0 Å². The highest BCUT2D eigenvalue weighted by Crippen LogP contribution is 2.27. The molecule has 0 radical (unpaired) electrons. The molecule has 0 saturated heterocycles. The lowest BCUT2D eigenvalue weighted by Gasteiger charge is -1.90. The van der Waals surface area contributed by atoms with E-state index in [0.717, 1.165) is 19.3 Å². The van der Waals surface area contributed by atoms with E-state index in [4.69, 9.17) is 0 Å². The highest BCUT2D eigenvalue weighted by molar-refractivity contribution is 5.17. The minimum atomic E-state index is 1.08. The molecule has 0 unspecified atom stereocenters. The fourth-order valence-corrected chi connectivity index (χ4v) is 1.78. The summed E-state index contributed by atoms with van der Waals surface area (Å²) in [5.74, 6) is 0. The third-order valence-corrected chi connectivity index (χ3v) is 3.10. The van der Waals surface area contributed by atoms with E-state index in [9.17, 15) is 0 Å². The van der Waals surface area contributed by atoms with Gasteiger partial charge in [-0.25, -0.2) is 0 Å². The second-order valence-electron chi connectivity index (χ2n) is 4.98. The Bertz CT molecular complexity index is 296. The Morgan fingerprint density at radius 1 is 0.778 bits per heavy atom. The van der Waals surface area contributed by atoms with Crippen LogP contribution in [0, 0.1) is 0 Å². The molecule has 1 saturated carbocycles. The third-order valence-electron chi connectivity index (χ3n) is 3.10. The second-order valence-corrected chi connectivity index (χ2v) is 4.98. The zero-order valence-corrected chi connectivity index (χ0v) is 11.9. The highest BCUT2D eigenvalue weighted by atomic mass is 14.1. The molecule has 1 rings (SSSR count). The molecular formula is C18H28. The Balaban J connectivity index is 1.88. The molecular weight excluding hydrogens is 216 g/mol. The molecule has 0 atom stereocenters. The van der Waals surface area contributed by atoms with Crippen LogP contribution in [0.5, 0.6) is 0 Å². The fraction of sp³-hybridized carbons (Fsp3) is 0.556. The molecule has 18 heavy (non-hydrogen) atoms. The molecule has 0 aliphatic heterocycles. The van der Waals surface area contributed by atoms with Crippen molar-refractivity contribution in [2.75, 3.05) is 0 Å². The third kappa shape index (κ3) is 10.1. The normalized spacial score (nSPS) is 15.3. The first-order chi connectivity index (χ1) is 8.93. The van der Waals surface area contributed by atoms with Gasteiger partial charge < -0.3 is 0 Å². The van der Waals surface area contributed by atoms with Crippen molar-refractivity contribution < 1.29 is 0 Å². The van der Waals surface area contributed by atoms with Crippen molar-refractivity contribution in [3.63, 3.8) is 0 Å². The monoisotopic (exact) mass is 244 g/mol. The fourth-order valence-electron chi connectivity index (χ4n) is 1.78. The minimum Gasteiger partial charge on any atom is -0.0882 e. The van der Waals surface area contributed by atoms with Gasteiger partial charge in [-0.15, -0.1) is 0 Å². The maximum Gasteiger partial charge on any atom is -0.0166 e. The van der Waals surface area contributed by atoms with Crippen LogP contribution in [0.2, 0.25) is 0 Å². The van der Waals surface area contributed by atoms with Gasteiger partial charge in [-0.05, 0) is 44.9 Å². The summed E-state index contributed by atoms with van der Waals surface area (Å²) in [6, 6.07) is 0. The minimum absolute atomic E-state index is 1.08. The zero-order valence-electron chi connectivity index (χ0n) is 11.9. The zero-order chi connectivity index (χ0) is 12.9. The van der Waals surface area contributed by atoms with Crippen LogP contribution in [0.25, 0.3) is 0 Å². The van der Waals surface area contributed by atoms with Gasteiger partial charge in [0.1, 0.15) is 0 Å². The lowest BCUT2D eigenvalue weighted by Crippen LogP contribution is -1.70. The van der Waals surface area contributed by atoms with Crippen LogP contribution in [-0.4, -0.2) is 0 Å². The Morgan fingerprint density at radius 2 is 1.39 bits per heavy atom. The summed E-state index contributed by atoms with van der Waals surface area (Å²) in [4.78, 5) is 0. The van der Waals surface area contributed by atoms with E-state index >= 15 is 0 Å². The summed E-state index contributed by atoms with van der Waals surface area (Å²) in [7, 11) is 0. The van der Waals surface area contributed by atoms with Crippen molar-refractivity contribution in [1.29, 1.82) is 0 Å². The van der Waals surface area contributed by atoms with E-state index in [-0.39, 0.29) is 0 Å². The molecule has 100 valence electrons. The van der Waals surface area contributed by atoms with Crippen LogP contribution >= 0.6 is 0 Å². The highest BCUT2D eigenvalue weighted by Gasteiger charge is 2.08. The van der Waals surface area contributed by atoms with Crippen LogP contribution in [0.1, 0.15) is 64.7 Å². The topological polar surface area (TPSA) is 0 Å². The lowest BCUT2D eigenvalue weighted by atomic mass is 10.2. The molecule has 0 amide bonds. The maximum atomic E-state index is 2.36. The summed E-state index contributed by atoms with van der Waals surface area (Å²) >= 11 is 0. The van der Waals surface area contributed by atoms with Gasteiger partial charge in [0.15, 0.2) is 0 Å². The SMILES string of the molecule is CCCCC/C=C\C/C=C\C/C=C/CC=C1CC1. The molecule has 0 aromatic heterocycles. The van der Waals surface area contributed by atoms with Gasteiger partial charge in [0.05, 0.1) is 0 Å². The molecule has 0 aromatic carbocycles. The second kappa shape index (κ2) is 11.1. The average molecular weight is 244 g/mol. The van der Waals surface area contributed by atoms with Crippen molar-refractivity contribution in [1.82, 2.24) is 0 Å². The van der Waals surface area contributed by atoms with Gasteiger partial charge in [0.2, 0.25) is 0 Å². The van der Waals surface area contributed by atoms with E-state index in [1.54, 1.807) is 5.57 Å². The van der Waals surface area contributed by atoms with Gasteiger partial charge in [-0.1, -0.05) is 67.9 Å². The standard InChI is InChI=1S/C18H28/c1-2-3-4-5-6-7-8-9-10-11-12-13-14-15-18-16-17-18/h6-7,9-10,12-13,15H,2-5,8,11,14,16-17H2,1H3/b7-6-,10-9-,13-12+. The first kappa shape index (κ1) is 15.0. The maximum absolute atomic E-state index is 2.36. The smallest absolute Gasteiger partial charge is 0.0166 e. The Labute approximate surface area is 113 Å². The molecule has 1 fully saturated rings. The van der Waals surface area contributed by atoms with Crippen LogP contribution in [0.15, 0.2) is 48.1 Å². The molecule has 1 aliphatic carbocycles. The number of hydrogen-bond donors (Lipinski definition) is 0. The van der Waals surface area contributed by atoms with Crippen molar-refractivity contribution in [3.05, 3.63) is 48.1 Å². The van der Waals surface area contributed by atoms with Crippen LogP contribution < -0.4 is 0 Å². The molecule has 1 aliphatic rings. The Kier molecular flexibility index (Phi) is 9.24. The molecule has 0 heterocycles. The van der Waals surface area contributed by atoms with Gasteiger partial charge in [-0.2, -0.15) is 0 Å². The van der Waals surface area contributed by atoms with Gasteiger partial charge >= 0.3 is 0 Å². The van der Waals surface area contributed by atoms with Crippen LogP contribution in [0.3, 0.4) is 0 Å². The summed E-state index contributed by atoms with van der Waals surface area (Å²) in [5, 5.41) is 0. The van der Waals surface area contributed by atoms with Gasteiger partial charge in [0, 0.05) is 0 Å². The Hall–Kier alpha value is -1.04. The van der Waals surface area contributed by atoms with Gasteiger partial charge in [0.25, 0.3) is 0 Å². The van der Waals surface area contributed by atoms with E-state index in [0.29, 0.717) is 0 Å². The van der Waals surface area contributed by atoms with E-state index in [1.807, 2.05) is 0 Å². The quantitative estimate of drug-likeness (QED) is 0.320. The number of hydrogen-bond acceptors (Lipinski definition) is 0. The van der Waals surface area contributed by atoms with E-state index in [2.05, 4.69) is 49.5 Å². The predicted octanol–water partition coefficient (Wildman–Crippen LogP) is 6.13.